The van der Waals surface area contributed by atoms with Crippen LogP contribution in [0.3, 0.4) is 0 Å². The lowest BCUT2D eigenvalue weighted by Gasteiger charge is -2.21. The van der Waals surface area contributed by atoms with Gasteiger partial charge in [-0.25, -0.2) is 12.7 Å². The Hall–Kier alpha value is -1.11. The second-order valence-electron chi connectivity index (χ2n) is 5.32. The molecular formula is C14H23N3O2S. The van der Waals surface area contributed by atoms with Gasteiger partial charge in [-0.15, -0.1) is 0 Å². The summed E-state index contributed by atoms with van der Waals surface area (Å²) in [7, 11) is -0.307. The molecule has 0 radical (unpaired) electrons. The van der Waals surface area contributed by atoms with Crippen LogP contribution in [0.4, 0.5) is 5.69 Å². The average Bonchev–Trinajstić information content (AvgIpc) is 2.67. The maximum Gasteiger partial charge on any atom is 0.244 e. The standard InChI is InChI=1S/C14H23N3O2S/c1-17(2)20(18,19)14-9-4-3-8-13(14)16-12-7-5-6-10-15-11-12/h3-4,8-9,12,15-16H,5-7,10-11H2,1-2H3. The second-order valence-corrected chi connectivity index (χ2v) is 7.45. The van der Waals surface area contributed by atoms with E-state index in [0.29, 0.717) is 10.6 Å². The number of nitrogens with one attached hydrogen (secondary N) is 2. The van der Waals surface area contributed by atoms with Gasteiger partial charge in [0, 0.05) is 26.7 Å². The summed E-state index contributed by atoms with van der Waals surface area (Å²) in [4.78, 5) is 0.342. The Bertz CT molecular complexity index is 535. The molecule has 2 rings (SSSR count). The first-order chi connectivity index (χ1) is 9.51. The zero-order valence-electron chi connectivity index (χ0n) is 12.1. The van der Waals surface area contributed by atoms with Crippen LogP contribution in [-0.2, 0) is 10.0 Å². The van der Waals surface area contributed by atoms with Gasteiger partial charge in [0.2, 0.25) is 10.0 Å². The summed E-state index contributed by atoms with van der Waals surface area (Å²) < 4.78 is 25.9. The van der Waals surface area contributed by atoms with Crippen molar-refractivity contribution < 1.29 is 8.42 Å². The maximum absolute atomic E-state index is 12.3. The molecule has 1 aromatic rings. The van der Waals surface area contributed by atoms with Gasteiger partial charge in [-0.1, -0.05) is 18.6 Å². The molecule has 1 atom stereocenters. The summed E-state index contributed by atoms with van der Waals surface area (Å²) in [5.74, 6) is 0. The van der Waals surface area contributed by atoms with E-state index in [1.165, 1.54) is 10.7 Å². The van der Waals surface area contributed by atoms with Gasteiger partial charge >= 0.3 is 0 Å². The number of rotatable bonds is 4. The number of hydrogen-bond acceptors (Lipinski definition) is 4. The molecule has 1 aromatic carbocycles. The molecule has 0 aromatic heterocycles. The van der Waals surface area contributed by atoms with Crippen molar-refractivity contribution in [2.45, 2.75) is 30.2 Å². The Morgan fingerprint density at radius 1 is 1.25 bits per heavy atom. The van der Waals surface area contributed by atoms with Crippen molar-refractivity contribution in [3.63, 3.8) is 0 Å². The minimum Gasteiger partial charge on any atom is -0.380 e. The van der Waals surface area contributed by atoms with Gasteiger partial charge in [-0.2, -0.15) is 0 Å². The van der Waals surface area contributed by atoms with Crippen LogP contribution in [0.15, 0.2) is 29.2 Å². The monoisotopic (exact) mass is 297 g/mol. The highest BCUT2D eigenvalue weighted by Crippen LogP contribution is 2.24. The van der Waals surface area contributed by atoms with Gasteiger partial charge in [0.15, 0.2) is 0 Å². The summed E-state index contributed by atoms with van der Waals surface area (Å²) in [6, 6.07) is 7.38. The van der Waals surface area contributed by atoms with Crippen molar-refractivity contribution in [3.8, 4) is 0 Å². The minimum absolute atomic E-state index is 0.274. The van der Waals surface area contributed by atoms with E-state index in [1.54, 1.807) is 26.2 Å². The summed E-state index contributed by atoms with van der Waals surface area (Å²) in [5, 5.41) is 6.76. The van der Waals surface area contributed by atoms with E-state index in [4.69, 9.17) is 0 Å². The van der Waals surface area contributed by atoms with Gasteiger partial charge < -0.3 is 10.6 Å². The number of hydrogen-bond donors (Lipinski definition) is 2. The van der Waals surface area contributed by atoms with Crippen LogP contribution in [0.5, 0.6) is 0 Å². The SMILES string of the molecule is CN(C)S(=O)(=O)c1ccccc1NC1CCCCNC1. The molecule has 1 fully saturated rings. The minimum atomic E-state index is -3.42. The Balaban J connectivity index is 2.24. The van der Waals surface area contributed by atoms with E-state index in [2.05, 4.69) is 10.6 Å². The molecule has 1 unspecified atom stereocenters. The third-order valence-electron chi connectivity index (χ3n) is 3.55. The first kappa shape index (κ1) is 15.3. The van der Waals surface area contributed by atoms with Gasteiger partial charge in [0.25, 0.3) is 0 Å². The van der Waals surface area contributed by atoms with E-state index >= 15 is 0 Å². The predicted molar refractivity (Wildman–Crippen MR) is 81.4 cm³/mol. The fourth-order valence-electron chi connectivity index (χ4n) is 2.37. The molecular weight excluding hydrogens is 274 g/mol. The van der Waals surface area contributed by atoms with E-state index < -0.39 is 10.0 Å². The third-order valence-corrected chi connectivity index (χ3v) is 5.43. The lowest BCUT2D eigenvalue weighted by Crippen LogP contribution is -2.32. The molecule has 2 N–H and O–H groups in total. The highest BCUT2D eigenvalue weighted by atomic mass is 32.2. The second kappa shape index (κ2) is 6.56. The molecule has 0 spiro atoms. The van der Waals surface area contributed by atoms with Gasteiger partial charge in [-0.3, -0.25) is 0 Å². The molecule has 1 heterocycles. The Kier molecular flexibility index (Phi) is 5.01. The van der Waals surface area contributed by atoms with Crippen molar-refractivity contribution in [1.29, 1.82) is 0 Å². The van der Waals surface area contributed by atoms with E-state index in [1.807, 2.05) is 12.1 Å². The predicted octanol–water partition coefficient (Wildman–Crippen LogP) is 1.49. The van der Waals surface area contributed by atoms with Crippen molar-refractivity contribution >= 4 is 15.7 Å². The van der Waals surface area contributed by atoms with Crippen LogP contribution >= 0.6 is 0 Å². The lowest BCUT2D eigenvalue weighted by atomic mass is 10.1. The van der Waals surface area contributed by atoms with Gasteiger partial charge in [-0.05, 0) is 31.5 Å². The third kappa shape index (κ3) is 3.50. The van der Waals surface area contributed by atoms with Crippen LogP contribution in [-0.4, -0.2) is 45.9 Å². The number of para-hydroxylation sites is 1. The summed E-state index contributed by atoms with van der Waals surface area (Å²) >= 11 is 0. The van der Waals surface area contributed by atoms with E-state index in [0.717, 1.165) is 25.9 Å². The zero-order valence-corrected chi connectivity index (χ0v) is 12.9. The molecule has 112 valence electrons. The number of anilines is 1. The van der Waals surface area contributed by atoms with Crippen LogP contribution in [0.2, 0.25) is 0 Å². The molecule has 1 aliphatic rings. The lowest BCUT2D eigenvalue weighted by molar-refractivity contribution is 0.520. The zero-order chi connectivity index (χ0) is 14.6. The molecule has 5 nitrogen and oxygen atoms in total. The van der Waals surface area contributed by atoms with Crippen LogP contribution < -0.4 is 10.6 Å². The largest absolute Gasteiger partial charge is 0.380 e. The maximum atomic E-state index is 12.3. The number of nitrogens with zero attached hydrogens (tertiary/aromatic N) is 1. The highest BCUT2D eigenvalue weighted by molar-refractivity contribution is 7.89. The van der Waals surface area contributed by atoms with Crippen molar-refractivity contribution in [3.05, 3.63) is 24.3 Å². The molecule has 20 heavy (non-hydrogen) atoms. The first-order valence-electron chi connectivity index (χ1n) is 7.00. The molecule has 0 amide bonds. The molecule has 1 aliphatic heterocycles. The van der Waals surface area contributed by atoms with E-state index in [9.17, 15) is 8.42 Å². The van der Waals surface area contributed by atoms with Crippen LogP contribution in [0.1, 0.15) is 19.3 Å². The quantitative estimate of drug-likeness (QED) is 0.884. The molecule has 0 aliphatic carbocycles. The summed E-state index contributed by atoms with van der Waals surface area (Å²) in [6.45, 7) is 1.91. The van der Waals surface area contributed by atoms with Gasteiger partial charge in [0.05, 0.1) is 5.69 Å². The molecule has 6 heteroatoms. The topological polar surface area (TPSA) is 61.4 Å². The fourth-order valence-corrected chi connectivity index (χ4v) is 3.42. The average molecular weight is 297 g/mol. The molecule has 0 saturated carbocycles. The van der Waals surface area contributed by atoms with Crippen molar-refractivity contribution in [1.82, 2.24) is 9.62 Å². The van der Waals surface area contributed by atoms with Gasteiger partial charge in [0.1, 0.15) is 4.90 Å². The Labute approximate surface area is 121 Å². The highest BCUT2D eigenvalue weighted by Gasteiger charge is 2.22. The fraction of sp³-hybridized carbons (Fsp3) is 0.571. The molecule has 0 bridgehead atoms. The smallest absolute Gasteiger partial charge is 0.244 e. The molecule has 1 saturated heterocycles. The Morgan fingerprint density at radius 3 is 2.75 bits per heavy atom. The van der Waals surface area contributed by atoms with Crippen LogP contribution in [0.25, 0.3) is 0 Å². The normalized spacial score (nSPS) is 20.6. The number of sulfonamides is 1. The van der Waals surface area contributed by atoms with Crippen LogP contribution in [0, 0.1) is 0 Å². The Morgan fingerprint density at radius 2 is 2.00 bits per heavy atom. The number of benzene rings is 1. The summed E-state index contributed by atoms with van der Waals surface area (Å²) in [5.41, 5.74) is 0.690. The first-order valence-corrected chi connectivity index (χ1v) is 8.44. The van der Waals surface area contributed by atoms with E-state index in [-0.39, 0.29) is 6.04 Å². The van der Waals surface area contributed by atoms with Crippen molar-refractivity contribution in [2.24, 2.45) is 0 Å². The summed E-state index contributed by atoms with van der Waals surface area (Å²) in [6.07, 6.45) is 3.40. The van der Waals surface area contributed by atoms with Crippen molar-refractivity contribution in [2.75, 3.05) is 32.5 Å².